The van der Waals surface area contributed by atoms with E-state index in [4.69, 9.17) is 0 Å². The zero-order valence-electron chi connectivity index (χ0n) is 12.7. The standard InChI is InChI=1S/C15H31N3/c1-13-9-14(2)11-17(10-13)12-15(3,4)18-7-5-16-6-8-18/h13-14,16H,5-12H2,1-4H3. The molecule has 0 aliphatic carbocycles. The van der Waals surface area contributed by atoms with Crippen LogP contribution in [0.25, 0.3) is 0 Å². The molecule has 2 aliphatic rings. The summed E-state index contributed by atoms with van der Waals surface area (Å²) in [5.74, 6) is 1.74. The summed E-state index contributed by atoms with van der Waals surface area (Å²) >= 11 is 0. The number of nitrogens with one attached hydrogen (secondary N) is 1. The van der Waals surface area contributed by atoms with Gasteiger partial charge in [0.25, 0.3) is 0 Å². The lowest BCUT2D eigenvalue weighted by atomic mass is 9.90. The maximum atomic E-state index is 3.45. The third kappa shape index (κ3) is 3.69. The van der Waals surface area contributed by atoms with Gasteiger partial charge in [-0.25, -0.2) is 0 Å². The van der Waals surface area contributed by atoms with E-state index in [2.05, 4.69) is 42.8 Å². The van der Waals surface area contributed by atoms with E-state index in [1.165, 1.54) is 39.1 Å². The van der Waals surface area contributed by atoms with Crippen LogP contribution in [0.4, 0.5) is 0 Å². The normalized spacial score (nSPS) is 32.7. The molecule has 18 heavy (non-hydrogen) atoms. The molecule has 2 rings (SSSR count). The fourth-order valence-electron chi connectivity index (χ4n) is 3.84. The first-order chi connectivity index (χ1) is 8.47. The molecule has 0 saturated carbocycles. The Morgan fingerprint density at radius 1 is 1.06 bits per heavy atom. The Hall–Kier alpha value is -0.120. The van der Waals surface area contributed by atoms with E-state index in [-0.39, 0.29) is 0 Å². The Labute approximate surface area is 113 Å². The minimum Gasteiger partial charge on any atom is -0.314 e. The number of rotatable bonds is 3. The predicted octanol–water partition coefficient (Wildman–Crippen LogP) is 1.65. The van der Waals surface area contributed by atoms with Crippen LogP contribution >= 0.6 is 0 Å². The van der Waals surface area contributed by atoms with Gasteiger partial charge in [0.1, 0.15) is 0 Å². The van der Waals surface area contributed by atoms with Crippen LogP contribution in [0, 0.1) is 11.8 Å². The van der Waals surface area contributed by atoms with Crippen molar-refractivity contribution < 1.29 is 0 Å². The van der Waals surface area contributed by atoms with Crippen LogP contribution in [0.3, 0.4) is 0 Å². The molecule has 106 valence electrons. The molecule has 1 N–H and O–H groups in total. The number of hydrogen-bond acceptors (Lipinski definition) is 3. The second-order valence-corrected chi connectivity index (χ2v) is 7.19. The Bertz CT molecular complexity index is 248. The first-order valence-corrected chi connectivity index (χ1v) is 7.65. The molecule has 0 amide bonds. The summed E-state index contributed by atoms with van der Waals surface area (Å²) in [5.41, 5.74) is 0.318. The van der Waals surface area contributed by atoms with E-state index < -0.39 is 0 Å². The molecule has 0 aromatic heterocycles. The SMILES string of the molecule is CC1CC(C)CN(CC(C)(C)N2CCNCC2)C1. The van der Waals surface area contributed by atoms with Crippen LogP contribution in [0.1, 0.15) is 34.1 Å². The molecule has 0 aromatic rings. The van der Waals surface area contributed by atoms with Gasteiger partial charge in [-0.2, -0.15) is 0 Å². The maximum Gasteiger partial charge on any atom is 0.0281 e. The van der Waals surface area contributed by atoms with E-state index in [0.29, 0.717) is 5.54 Å². The van der Waals surface area contributed by atoms with Crippen molar-refractivity contribution in [2.24, 2.45) is 11.8 Å². The van der Waals surface area contributed by atoms with Crippen LogP contribution in [0.5, 0.6) is 0 Å². The minimum atomic E-state index is 0.318. The van der Waals surface area contributed by atoms with Crippen LogP contribution in [-0.2, 0) is 0 Å². The molecule has 0 aromatic carbocycles. The second kappa shape index (κ2) is 5.89. The molecule has 0 bridgehead atoms. The number of piperazine rings is 1. The average Bonchev–Trinajstić information content (AvgIpc) is 2.28. The Balaban J connectivity index is 1.89. The minimum absolute atomic E-state index is 0.318. The van der Waals surface area contributed by atoms with E-state index in [1.54, 1.807) is 0 Å². The molecule has 3 heteroatoms. The van der Waals surface area contributed by atoms with Gasteiger partial charge in [0.15, 0.2) is 0 Å². The van der Waals surface area contributed by atoms with Crippen LogP contribution in [-0.4, -0.2) is 61.2 Å². The summed E-state index contributed by atoms with van der Waals surface area (Å²) < 4.78 is 0. The van der Waals surface area contributed by atoms with Crippen molar-refractivity contribution in [2.45, 2.75) is 39.7 Å². The molecule has 2 atom stereocenters. The topological polar surface area (TPSA) is 18.5 Å². The molecular formula is C15H31N3. The Morgan fingerprint density at radius 3 is 2.17 bits per heavy atom. The van der Waals surface area contributed by atoms with Crippen molar-refractivity contribution in [2.75, 3.05) is 45.8 Å². The third-order valence-corrected chi connectivity index (χ3v) is 4.53. The lowest BCUT2D eigenvalue weighted by Crippen LogP contribution is -2.58. The van der Waals surface area contributed by atoms with Crippen molar-refractivity contribution in [1.82, 2.24) is 15.1 Å². The van der Waals surface area contributed by atoms with E-state index in [0.717, 1.165) is 24.9 Å². The van der Waals surface area contributed by atoms with Crippen molar-refractivity contribution >= 4 is 0 Å². The lowest BCUT2D eigenvalue weighted by molar-refractivity contribution is 0.0379. The van der Waals surface area contributed by atoms with Gasteiger partial charge in [-0.1, -0.05) is 13.8 Å². The molecule has 2 aliphatic heterocycles. The molecule has 2 fully saturated rings. The first-order valence-electron chi connectivity index (χ1n) is 7.65. The smallest absolute Gasteiger partial charge is 0.0281 e. The monoisotopic (exact) mass is 253 g/mol. The van der Waals surface area contributed by atoms with Crippen LogP contribution < -0.4 is 5.32 Å². The summed E-state index contributed by atoms with van der Waals surface area (Å²) in [7, 11) is 0. The summed E-state index contributed by atoms with van der Waals surface area (Å²) in [4.78, 5) is 5.36. The third-order valence-electron chi connectivity index (χ3n) is 4.53. The summed E-state index contributed by atoms with van der Waals surface area (Å²) in [6, 6.07) is 0. The first kappa shape index (κ1) is 14.3. The highest BCUT2D eigenvalue weighted by Gasteiger charge is 2.32. The molecular weight excluding hydrogens is 222 g/mol. The van der Waals surface area contributed by atoms with Crippen molar-refractivity contribution in [1.29, 1.82) is 0 Å². The van der Waals surface area contributed by atoms with Gasteiger partial charge in [0.2, 0.25) is 0 Å². The zero-order chi connectivity index (χ0) is 13.2. The van der Waals surface area contributed by atoms with Crippen molar-refractivity contribution in [3.8, 4) is 0 Å². The summed E-state index contributed by atoms with van der Waals surface area (Å²) in [5, 5.41) is 3.45. The average molecular weight is 253 g/mol. The number of hydrogen-bond donors (Lipinski definition) is 1. The second-order valence-electron chi connectivity index (χ2n) is 7.19. The number of piperidine rings is 1. The summed E-state index contributed by atoms with van der Waals surface area (Å²) in [6.45, 7) is 18.2. The molecule has 0 spiro atoms. The van der Waals surface area contributed by atoms with Crippen molar-refractivity contribution in [3.05, 3.63) is 0 Å². The quantitative estimate of drug-likeness (QED) is 0.825. The predicted molar refractivity (Wildman–Crippen MR) is 77.9 cm³/mol. The van der Waals surface area contributed by atoms with Gasteiger partial charge in [0, 0.05) is 51.4 Å². The fourth-order valence-corrected chi connectivity index (χ4v) is 3.84. The van der Waals surface area contributed by atoms with E-state index in [1.807, 2.05) is 0 Å². The van der Waals surface area contributed by atoms with Crippen LogP contribution in [0.15, 0.2) is 0 Å². The lowest BCUT2D eigenvalue weighted by Gasteiger charge is -2.46. The number of likely N-dealkylation sites (tertiary alicyclic amines) is 1. The van der Waals surface area contributed by atoms with Gasteiger partial charge >= 0.3 is 0 Å². The number of nitrogens with zero attached hydrogens (tertiary/aromatic N) is 2. The van der Waals surface area contributed by atoms with Crippen molar-refractivity contribution in [3.63, 3.8) is 0 Å². The van der Waals surface area contributed by atoms with Gasteiger partial charge in [0.05, 0.1) is 0 Å². The van der Waals surface area contributed by atoms with Gasteiger partial charge in [-0.05, 0) is 32.1 Å². The Kier molecular flexibility index (Phi) is 4.68. The molecule has 0 radical (unpaired) electrons. The van der Waals surface area contributed by atoms with Crippen LogP contribution in [0.2, 0.25) is 0 Å². The Morgan fingerprint density at radius 2 is 1.61 bits per heavy atom. The molecule has 3 nitrogen and oxygen atoms in total. The molecule has 2 heterocycles. The van der Waals surface area contributed by atoms with Gasteiger partial charge in [-0.3, -0.25) is 4.90 Å². The summed E-state index contributed by atoms with van der Waals surface area (Å²) in [6.07, 6.45) is 1.41. The fraction of sp³-hybridized carbons (Fsp3) is 1.00. The van der Waals surface area contributed by atoms with E-state index in [9.17, 15) is 0 Å². The zero-order valence-corrected chi connectivity index (χ0v) is 12.7. The molecule has 2 saturated heterocycles. The highest BCUT2D eigenvalue weighted by Crippen LogP contribution is 2.24. The molecule has 2 unspecified atom stereocenters. The van der Waals surface area contributed by atoms with Gasteiger partial charge < -0.3 is 10.2 Å². The highest BCUT2D eigenvalue weighted by atomic mass is 15.3. The van der Waals surface area contributed by atoms with Gasteiger partial charge in [-0.15, -0.1) is 0 Å². The van der Waals surface area contributed by atoms with E-state index >= 15 is 0 Å². The highest BCUT2D eigenvalue weighted by molar-refractivity contribution is 4.89. The maximum absolute atomic E-state index is 3.45. The largest absolute Gasteiger partial charge is 0.314 e.